The number of aryl methyl sites for hydroxylation is 1. The van der Waals surface area contributed by atoms with E-state index in [1.165, 1.54) is 0 Å². The van der Waals surface area contributed by atoms with Gasteiger partial charge in [-0.05, 0) is 13.0 Å². The zero-order valence-corrected chi connectivity index (χ0v) is 15.0. The molecule has 0 spiro atoms. The first-order valence-electron chi connectivity index (χ1n) is 8.91. The third-order valence-electron chi connectivity index (χ3n) is 4.54. The van der Waals surface area contributed by atoms with E-state index in [9.17, 15) is 4.79 Å². The van der Waals surface area contributed by atoms with E-state index < -0.39 is 0 Å². The number of rotatable bonds is 8. The van der Waals surface area contributed by atoms with E-state index in [-0.39, 0.29) is 17.7 Å². The second-order valence-corrected chi connectivity index (χ2v) is 6.59. The third-order valence-corrected chi connectivity index (χ3v) is 4.54. The van der Waals surface area contributed by atoms with Gasteiger partial charge in [-0.15, -0.1) is 12.3 Å². The van der Waals surface area contributed by atoms with Crippen molar-refractivity contribution in [3.8, 4) is 12.3 Å². The van der Waals surface area contributed by atoms with Crippen LogP contribution in [0.5, 0.6) is 0 Å². The average molecular weight is 356 g/mol. The summed E-state index contributed by atoms with van der Waals surface area (Å²) in [5.74, 6) is 4.18. The summed E-state index contributed by atoms with van der Waals surface area (Å²) in [7, 11) is 0. The van der Waals surface area contributed by atoms with Gasteiger partial charge in [-0.3, -0.25) is 4.79 Å². The molecule has 26 heavy (non-hydrogen) atoms. The van der Waals surface area contributed by atoms with Crippen LogP contribution in [0.15, 0.2) is 22.5 Å². The number of hydrogen-bond donors (Lipinski definition) is 1. The Bertz CT molecular complexity index is 708. The van der Waals surface area contributed by atoms with Gasteiger partial charge in [0.25, 0.3) is 0 Å². The summed E-state index contributed by atoms with van der Waals surface area (Å²) in [5.41, 5.74) is -0.358. The Hall–Kier alpha value is -2.53. The molecular formula is C18H24N6O2. The van der Waals surface area contributed by atoms with Crippen molar-refractivity contribution < 1.29 is 9.53 Å². The van der Waals surface area contributed by atoms with Crippen LogP contribution in [0, 0.1) is 19.3 Å². The largest absolute Gasteiger partial charge is 0.374 e. The summed E-state index contributed by atoms with van der Waals surface area (Å²) in [4.78, 5) is 22.9. The van der Waals surface area contributed by atoms with E-state index in [1.807, 2.05) is 13.0 Å². The summed E-state index contributed by atoms with van der Waals surface area (Å²) in [6, 6.07) is 1.88. The number of carbonyl (C=O) groups is 1. The Morgan fingerprint density at radius 2 is 2.35 bits per heavy atom. The van der Waals surface area contributed by atoms with E-state index in [4.69, 9.17) is 11.2 Å². The minimum absolute atomic E-state index is 0.0246. The molecule has 1 atom stereocenters. The van der Waals surface area contributed by atoms with Gasteiger partial charge >= 0.3 is 0 Å². The van der Waals surface area contributed by atoms with Gasteiger partial charge in [-0.25, -0.2) is 9.97 Å². The molecule has 1 fully saturated rings. The van der Waals surface area contributed by atoms with Crippen molar-refractivity contribution in [3.05, 3.63) is 18.1 Å². The number of terminal acetylenes is 1. The molecule has 3 heterocycles. The number of nitrogens with zero attached hydrogens (tertiary/aromatic N) is 5. The van der Waals surface area contributed by atoms with Crippen molar-refractivity contribution in [2.45, 2.75) is 44.4 Å². The number of hydrogen-bond acceptors (Lipinski definition) is 7. The van der Waals surface area contributed by atoms with E-state index >= 15 is 0 Å². The van der Waals surface area contributed by atoms with Crippen molar-refractivity contribution >= 4 is 11.7 Å². The number of carbonyl (C=O) groups excluding carboxylic acids is 1. The van der Waals surface area contributed by atoms with E-state index in [1.54, 1.807) is 6.20 Å². The lowest BCUT2D eigenvalue weighted by Crippen LogP contribution is -2.45. The molecule has 0 radical (unpaired) electrons. The third kappa shape index (κ3) is 4.99. The Balaban J connectivity index is 1.41. The highest BCUT2D eigenvalue weighted by molar-refractivity contribution is 5.76. The molecule has 0 saturated carbocycles. The lowest BCUT2D eigenvalue weighted by atomic mass is 10.0. The highest BCUT2D eigenvalue weighted by Crippen LogP contribution is 2.36. The summed E-state index contributed by atoms with van der Waals surface area (Å²) >= 11 is 0. The molecule has 1 aromatic heterocycles. The Kier molecular flexibility index (Phi) is 5.78. The zero-order chi connectivity index (χ0) is 18.4. The maximum absolute atomic E-state index is 12.2. The molecule has 1 aromatic rings. The Morgan fingerprint density at radius 3 is 3.08 bits per heavy atom. The van der Waals surface area contributed by atoms with E-state index in [2.05, 4.69) is 36.3 Å². The molecule has 8 heteroatoms. The van der Waals surface area contributed by atoms with Gasteiger partial charge in [0.15, 0.2) is 5.66 Å². The first-order chi connectivity index (χ1) is 12.6. The summed E-state index contributed by atoms with van der Waals surface area (Å²) in [6.45, 7) is 4.38. The van der Waals surface area contributed by atoms with Crippen LogP contribution in [0.3, 0.4) is 0 Å². The first-order valence-corrected chi connectivity index (χ1v) is 8.91. The maximum Gasteiger partial charge on any atom is 0.222 e. The summed E-state index contributed by atoms with van der Waals surface area (Å²) in [5, 5.41) is 11.1. The first kappa shape index (κ1) is 18.3. The fourth-order valence-corrected chi connectivity index (χ4v) is 3.02. The van der Waals surface area contributed by atoms with Crippen LogP contribution in [0.2, 0.25) is 0 Å². The van der Waals surface area contributed by atoms with Crippen molar-refractivity contribution in [2.24, 2.45) is 10.2 Å². The topological polar surface area (TPSA) is 92.1 Å². The molecule has 138 valence electrons. The molecule has 2 aliphatic heterocycles. The van der Waals surface area contributed by atoms with Gasteiger partial charge in [0.05, 0.1) is 19.1 Å². The van der Waals surface area contributed by atoms with Gasteiger partial charge in [0.2, 0.25) is 5.91 Å². The Labute approximate surface area is 153 Å². The molecule has 0 aliphatic carbocycles. The average Bonchev–Trinajstić information content (AvgIpc) is 3.40. The van der Waals surface area contributed by atoms with Crippen LogP contribution in [-0.4, -0.2) is 53.9 Å². The number of amides is 1. The zero-order valence-electron chi connectivity index (χ0n) is 15.0. The predicted molar refractivity (Wildman–Crippen MR) is 96.6 cm³/mol. The SMILES string of the molecule is C#CCCC1(CCNC(=O)CC2CN(c3ccnc(C)n3)CCO2)N=N1. The van der Waals surface area contributed by atoms with Crippen LogP contribution in [-0.2, 0) is 9.53 Å². The standard InChI is InChI=1S/C18H24N6O2/c1-3-4-6-18(22-23-18)7-9-20-17(25)12-15-13-24(10-11-26-15)16-5-8-19-14(2)21-16/h1,5,8,15H,4,6-7,9-13H2,2H3,(H,20,25). The molecule has 1 N–H and O–H groups in total. The number of anilines is 1. The lowest BCUT2D eigenvalue weighted by Gasteiger charge is -2.33. The molecule has 1 saturated heterocycles. The minimum atomic E-state index is -0.358. The maximum atomic E-state index is 12.2. The van der Waals surface area contributed by atoms with Crippen molar-refractivity contribution in [1.82, 2.24) is 15.3 Å². The Morgan fingerprint density at radius 1 is 1.50 bits per heavy atom. The molecule has 0 aromatic carbocycles. The van der Waals surface area contributed by atoms with E-state index in [0.29, 0.717) is 39.0 Å². The molecule has 3 rings (SSSR count). The highest BCUT2D eigenvalue weighted by Gasteiger charge is 2.38. The number of morpholine rings is 1. The van der Waals surface area contributed by atoms with Gasteiger partial charge in [0.1, 0.15) is 11.6 Å². The van der Waals surface area contributed by atoms with Crippen LogP contribution >= 0.6 is 0 Å². The normalized spacial score (nSPS) is 20.5. The minimum Gasteiger partial charge on any atom is -0.374 e. The molecule has 1 unspecified atom stereocenters. The van der Waals surface area contributed by atoms with Crippen molar-refractivity contribution in [2.75, 3.05) is 31.1 Å². The highest BCUT2D eigenvalue weighted by atomic mass is 16.5. The summed E-state index contributed by atoms with van der Waals surface area (Å²) < 4.78 is 5.74. The molecule has 2 aliphatic rings. The smallest absolute Gasteiger partial charge is 0.222 e. The fraction of sp³-hybridized carbons (Fsp3) is 0.611. The number of ether oxygens (including phenoxy) is 1. The number of aromatic nitrogens is 2. The van der Waals surface area contributed by atoms with Crippen LogP contribution < -0.4 is 10.2 Å². The van der Waals surface area contributed by atoms with Crippen molar-refractivity contribution in [3.63, 3.8) is 0 Å². The van der Waals surface area contributed by atoms with Gasteiger partial charge in [0, 0.05) is 45.1 Å². The molecule has 0 bridgehead atoms. The van der Waals surface area contributed by atoms with Crippen LogP contribution in [0.4, 0.5) is 5.82 Å². The van der Waals surface area contributed by atoms with Crippen molar-refractivity contribution in [1.29, 1.82) is 0 Å². The quantitative estimate of drug-likeness (QED) is 0.712. The van der Waals surface area contributed by atoms with Crippen LogP contribution in [0.25, 0.3) is 0 Å². The molecule has 8 nitrogen and oxygen atoms in total. The number of nitrogens with one attached hydrogen (secondary N) is 1. The van der Waals surface area contributed by atoms with Gasteiger partial charge in [-0.2, -0.15) is 10.2 Å². The fourth-order valence-electron chi connectivity index (χ4n) is 3.02. The molecule has 1 amide bonds. The van der Waals surface area contributed by atoms with Gasteiger partial charge in [-0.1, -0.05) is 0 Å². The van der Waals surface area contributed by atoms with Gasteiger partial charge < -0.3 is 15.0 Å². The van der Waals surface area contributed by atoms with E-state index in [0.717, 1.165) is 24.6 Å². The molecular weight excluding hydrogens is 332 g/mol. The lowest BCUT2D eigenvalue weighted by molar-refractivity contribution is -0.124. The second-order valence-electron chi connectivity index (χ2n) is 6.59. The summed E-state index contributed by atoms with van der Waals surface area (Å²) in [6.07, 6.45) is 9.29. The second kappa shape index (κ2) is 8.23. The van der Waals surface area contributed by atoms with Crippen LogP contribution in [0.1, 0.15) is 31.5 Å². The monoisotopic (exact) mass is 356 g/mol. The predicted octanol–water partition coefficient (Wildman–Crippen LogP) is 1.46.